The lowest BCUT2D eigenvalue weighted by Crippen LogP contribution is -2.13. The van der Waals surface area contributed by atoms with Gasteiger partial charge in [-0.3, -0.25) is 4.79 Å². The summed E-state index contributed by atoms with van der Waals surface area (Å²) in [5, 5.41) is 12.6. The first kappa shape index (κ1) is 15.1. The number of hydrogen-bond donors (Lipinski definition) is 2. The lowest BCUT2D eigenvalue weighted by molar-refractivity contribution is 0.102. The van der Waals surface area contributed by atoms with Crippen LogP contribution >= 0.6 is 31.9 Å². The van der Waals surface area contributed by atoms with Crippen molar-refractivity contribution < 1.29 is 9.90 Å². The molecule has 0 aliphatic heterocycles. The summed E-state index contributed by atoms with van der Waals surface area (Å²) in [4.78, 5) is 12.3. The summed E-state index contributed by atoms with van der Waals surface area (Å²) in [5.41, 5.74) is 2.88. The fraction of sp³-hybridized carbons (Fsp3) is 0.133. The van der Waals surface area contributed by atoms with E-state index in [9.17, 15) is 9.90 Å². The monoisotopic (exact) mass is 397 g/mol. The molecule has 0 aliphatic carbocycles. The first-order valence-corrected chi connectivity index (χ1v) is 7.53. The molecule has 0 atom stereocenters. The van der Waals surface area contributed by atoms with Gasteiger partial charge in [-0.25, -0.2) is 0 Å². The van der Waals surface area contributed by atoms with Crippen LogP contribution in [-0.4, -0.2) is 11.0 Å². The van der Waals surface area contributed by atoms with Gasteiger partial charge < -0.3 is 10.4 Å². The number of nitrogens with one attached hydrogen (secondary N) is 1. The van der Waals surface area contributed by atoms with E-state index in [4.69, 9.17) is 0 Å². The van der Waals surface area contributed by atoms with Crippen LogP contribution in [0.3, 0.4) is 0 Å². The second kappa shape index (κ2) is 5.97. The van der Waals surface area contributed by atoms with Crippen molar-refractivity contribution in [2.24, 2.45) is 0 Å². The van der Waals surface area contributed by atoms with E-state index in [1.165, 1.54) is 6.07 Å². The number of phenolic OH excluding ortho intramolecular Hbond substituents is 1. The molecule has 0 heterocycles. The molecule has 104 valence electrons. The van der Waals surface area contributed by atoms with Crippen molar-refractivity contribution in [2.45, 2.75) is 13.8 Å². The Morgan fingerprint density at radius 1 is 1.05 bits per heavy atom. The maximum atomic E-state index is 12.3. The Morgan fingerprint density at radius 3 is 2.25 bits per heavy atom. The molecule has 2 aromatic carbocycles. The number of benzene rings is 2. The molecular formula is C15H13Br2NO2. The zero-order valence-electron chi connectivity index (χ0n) is 11.0. The van der Waals surface area contributed by atoms with Crippen molar-refractivity contribution in [2.75, 3.05) is 5.32 Å². The average molecular weight is 399 g/mol. The van der Waals surface area contributed by atoms with Crippen molar-refractivity contribution in [3.63, 3.8) is 0 Å². The summed E-state index contributed by atoms with van der Waals surface area (Å²) in [7, 11) is 0. The van der Waals surface area contributed by atoms with E-state index in [-0.39, 0.29) is 17.2 Å². The average Bonchev–Trinajstić information content (AvgIpc) is 2.36. The predicted octanol–water partition coefficient (Wildman–Crippen LogP) is 4.79. The summed E-state index contributed by atoms with van der Waals surface area (Å²) in [6.45, 7) is 3.83. The number of anilines is 1. The number of aryl methyl sites for hydroxylation is 2. The molecule has 0 saturated carbocycles. The topological polar surface area (TPSA) is 49.3 Å². The van der Waals surface area contributed by atoms with Crippen LogP contribution in [-0.2, 0) is 0 Å². The summed E-state index contributed by atoms with van der Waals surface area (Å²) in [6, 6.07) is 8.75. The highest BCUT2D eigenvalue weighted by molar-refractivity contribution is 9.11. The van der Waals surface area contributed by atoms with Gasteiger partial charge in [0.2, 0.25) is 0 Å². The number of rotatable bonds is 2. The van der Waals surface area contributed by atoms with Gasteiger partial charge in [0.15, 0.2) is 0 Å². The lowest BCUT2D eigenvalue weighted by Gasteiger charge is -2.12. The standard InChI is InChI=1S/C15H13Br2NO2/c1-8-3-4-13(19)10(5-8)15(20)18-14-11(16)6-9(2)7-12(14)17/h3-7,19H,1-2H3,(H,18,20). The highest BCUT2D eigenvalue weighted by Gasteiger charge is 2.15. The minimum atomic E-state index is -0.351. The van der Waals surface area contributed by atoms with Gasteiger partial charge in [0.1, 0.15) is 5.75 Å². The molecular weight excluding hydrogens is 386 g/mol. The fourth-order valence-electron chi connectivity index (χ4n) is 1.83. The molecule has 0 radical (unpaired) electrons. The van der Waals surface area contributed by atoms with Crippen LogP contribution in [0.5, 0.6) is 5.75 Å². The van der Waals surface area contributed by atoms with Crippen LogP contribution in [0.15, 0.2) is 39.3 Å². The third kappa shape index (κ3) is 3.22. The highest BCUT2D eigenvalue weighted by Crippen LogP contribution is 2.33. The molecule has 5 heteroatoms. The van der Waals surface area contributed by atoms with Gasteiger partial charge in [-0.2, -0.15) is 0 Å². The molecule has 3 nitrogen and oxygen atoms in total. The zero-order chi connectivity index (χ0) is 14.9. The summed E-state index contributed by atoms with van der Waals surface area (Å²) < 4.78 is 1.56. The number of aromatic hydroxyl groups is 1. The lowest BCUT2D eigenvalue weighted by atomic mass is 10.1. The molecule has 0 aromatic heterocycles. The largest absolute Gasteiger partial charge is 0.507 e. The van der Waals surface area contributed by atoms with E-state index >= 15 is 0 Å². The third-order valence-corrected chi connectivity index (χ3v) is 4.07. The van der Waals surface area contributed by atoms with Crippen molar-refractivity contribution >= 4 is 43.5 Å². The maximum Gasteiger partial charge on any atom is 0.259 e. The molecule has 0 saturated heterocycles. The highest BCUT2D eigenvalue weighted by atomic mass is 79.9. The number of carbonyl (C=O) groups is 1. The molecule has 0 spiro atoms. The summed E-state index contributed by atoms with van der Waals surface area (Å²) >= 11 is 6.85. The molecule has 2 rings (SSSR count). The minimum absolute atomic E-state index is 0.0348. The predicted molar refractivity (Wildman–Crippen MR) is 87.4 cm³/mol. The van der Waals surface area contributed by atoms with Gasteiger partial charge in [-0.05, 0) is 75.5 Å². The van der Waals surface area contributed by atoms with Crippen LogP contribution in [0.1, 0.15) is 21.5 Å². The Morgan fingerprint density at radius 2 is 1.65 bits per heavy atom. The number of carbonyl (C=O) groups excluding carboxylic acids is 1. The zero-order valence-corrected chi connectivity index (χ0v) is 14.2. The Bertz CT molecular complexity index is 661. The van der Waals surface area contributed by atoms with E-state index < -0.39 is 0 Å². The molecule has 1 amide bonds. The Balaban J connectivity index is 2.35. The minimum Gasteiger partial charge on any atom is -0.507 e. The Hall–Kier alpha value is -1.33. The van der Waals surface area contributed by atoms with Gasteiger partial charge in [-0.15, -0.1) is 0 Å². The molecule has 2 aromatic rings. The first-order chi connectivity index (χ1) is 9.38. The van der Waals surface area contributed by atoms with Crippen LogP contribution in [0.4, 0.5) is 5.69 Å². The van der Waals surface area contributed by atoms with Crippen LogP contribution in [0.25, 0.3) is 0 Å². The fourth-order valence-corrected chi connectivity index (χ4v) is 3.45. The number of amides is 1. The molecule has 2 N–H and O–H groups in total. The van der Waals surface area contributed by atoms with Gasteiger partial charge in [-0.1, -0.05) is 11.6 Å². The number of hydrogen-bond acceptors (Lipinski definition) is 2. The van der Waals surface area contributed by atoms with Gasteiger partial charge >= 0.3 is 0 Å². The van der Waals surface area contributed by atoms with E-state index in [0.29, 0.717) is 5.69 Å². The molecule has 0 bridgehead atoms. The maximum absolute atomic E-state index is 12.3. The smallest absolute Gasteiger partial charge is 0.259 e. The van der Waals surface area contributed by atoms with Gasteiger partial charge in [0.25, 0.3) is 5.91 Å². The van der Waals surface area contributed by atoms with E-state index in [1.54, 1.807) is 12.1 Å². The quantitative estimate of drug-likeness (QED) is 0.764. The van der Waals surface area contributed by atoms with Crippen molar-refractivity contribution in [3.8, 4) is 5.75 Å². The SMILES string of the molecule is Cc1cc(Br)c(NC(=O)c2cc(C)ccc2O)c(Br)c1. The summed E-state index contributed by atoms with van der Waals surface area (Å²) in [6.07, 6.45) is 0. The molecule has 0 unspecified atom stereocenters. The molecule has 0 fully saturated rings. The Labute approximate surface area is 134 Å². The van der Waals surface area contributed by atoms with Crippen molar-refractivity contribution in [1.29, 1.82) is 0 Å². The molecule has 0 aliphatic rings. The van der Waals surface area contributed by atoms with Crippen molar-refractivity contribution in [1.82, 2.24) is 0 Å². The summed E-state index contributed by atoms with van der Waals surface area (Å²) in [5.74, 6) is -0.385. The van der Waals surface area contributed by atoms with E-state index in [2.05, 4.69) is 37.2 Å². The first-order valence-electron chi connectivity index (χ1n) is 5.95. The second-order valence-electron chi connectivity index (χ2n) is 4.58. The van der Waals surface area contributed by atoms with Gasteiger partial charge in [0.05, 0.1) is 11.3 Å². The normalized spacial score (nSPS) is 10.4. The van der Waals surface area contributed by atoms with Crippen molar-refractivity contribution in [3.05, 3.63) is 56.0 Å². The number of phenols is 1. The molecule has 20 heavy (non-hydrogen) atoms. The van der Waals surface area contributed by atoms with E-state index in [0.717, 1.165) is 20.1 Å². The van der Waals surface area contributed by atoms with Crippen LogP contribution < -0.4 is 5.32 Å². The van der Waals surface area contributed by atoms with E-state index in [1.807, 2.05) is 26.0 Å². The number of halogens is 2. The van der Waals surface area contributed by atoms with Crippen LogP contribution in [0, 0.1) is 13.8 Å². The van der Waals surface area contributed by atoms with Crippen LogP contribution in [0.2, 0.25) is 0 Å². The Kier molecular flexibility index (Phi) is 4.50. The third-order valence-electron chi connectivity index (χ3n) is 2.82. The second-order valence-corrected chi connectivity index (χ2v) is 6.29. The van der Waals surface area contributed by atoms with Gasteiger partial charge in [0, 0.05) is 8.95 Å².